The number of ketones is 1. The maximum absolute atomic E-state index is 12.7. The Labute approximate surface area is 129 Å². The van der Waals surface area contributed by atoms with Crippen molar-refractivity contribution >= 4 is 11.7 Å². The molecule has 112 valence electrons. The number of Topliss-reactive ketones (excluding diaryl/α,β-unsaturated/α-hetero) is 1. The number of fused-ring (bicyclic) bond motifs is 1. The zero-order valence-electron chi connectivity index (χ0n) is 12.4. The molecular weight excluding hydrogens is 276 g/mol. The second-order valence-corrected chi connectivity index (χ2v) is 6.92. The van der Waals surface area contributed by atoms with E-state index in [1.807, 2.05) is 18.2 Å². The number of benzene rings is 1. The summed E-state index contributed by atoms with van der Waals surface area (Å²) < 4.78 is 0. The third-order valence-corrected chi connectivity index (χ3v) is 5.85. The highest BCUT2D eigenvalue weighted by Crippen LogP contribution is 2.71. The number of amides is 1. The van der Waals surface area contributed by atoms with Crippen LogP contribution in [0.5, 0.6) is 0 Å². The maximum atomic E-state index is 12.7. The third kappa shape index (κ3) is 1.62. The number of nitrogens with zero attached hydrogens (tertiary/aromatic N) is 1. The fraction of sp³-hybridized carbons (Fsp3) is 0.500. The predicted octanol–water partition coefficient (Wildman–Crippen LogP) is 2.90. The van der Waals surface area contributed by atoms with E-state index in [2.05, 4.69) is 11.4 Å². The van der Waals surface area contributed by atoms with E-state index in [9.17, 15) is 14.9 Å². The van der Waals surface area contributed by atoms with Gasteiger partial charge in [0.1, 0.15) is 5.41 Å². The van der Waals surface area contributed by atoms with E-state index in [4.69, 9.17) is 0 Å². The monoisotopic (exact) mass is 294 g/mol. The summed E-state index contributed by atoms with van der Waals surface area (Å²) in [5.74, 6) is -0.107. The molecule has 1 N–H and O–H groups in total. The fourth-order valence-electron chi connectivity index (χ4n) is 4.52. The first kappa shape index (κ1) is 13.5. The topological polar surface area (TPSA) is 70.0 Å². The van der Waals surface area contributed by atoms with Gasteiger partial charge in [0.2, 0.25) is 5.91 Å². The summed E-state index contributed by atoms with van der Waals surface area (Å²) in [5.41, 5.74) is 0.637. The van der Waals surface area contributed by atoms with Crippen molar-refractivity contribution in [2.75, 3.05) is 0 Å². The van der Waals surface area contributed by atoms with Gasteiger partial charge in [0, 0.05) is 17.4 Å². The molecule has 22 heavy (non-hydrogen) atoms. The van der Waals surface area contributed by atoms with Gasteiger partial charge in [0.15, 0.2) is 5.78 Å². The average Bonchev–Trinajstić information content (AvgIpc) is 2.79. The van der Waals surface area contributed by atoms with Crippen molar-refractivity contribution in [1.29, 1.82) is 5.26 Å². The Morgan fingerprint density at radius 1 is 1.27 bits per heavy atom. The van der Waals surface area contributed by atoms with Crippen molar-refractivity contribution < 1.29 is 9.59 Å². The molecule has 0 bridgehead atoms. The Morgan fingerprint density at radius 3 is 2.73 bits per heavy atom. The lowest BCUT2D eigenvalue weighted by atomic mass is 9.91. The molecule has 1 aromatic rings. The Hall–Kier alpha value is -2.15. The van der Waals surface area contributed by atoms with Gasteiger partial charge >= 0.3 is 0 Å². The quantitative estimate of drug-likeness (QED) is 0.911. The summed E-state index contributed by atoms with van der Waals surface area (Å²) in [4.78, 5) is 24.8. The molecular formula is C18H18N2O2. The number of hydrogen-bond donors (Lipinski definition) is 1. The van der Waals surface area contributed by atoms with Crippen LogP contribution in [0.2, 0.25) is 0 Å². The Balaban J connectivity index is 1.57. The highest BCUT2D eigenvalue weighted by molar-refractivity contribution is 6.02. The molecule has 3 aliphatic rings. The van der Waals surface area contributed by atoms with Gasteiger partial charge < -0.3 is 5.32 Å². The summed E-state index contributed by atoms with van der Waals surface area (Å²) in [6.07, 6.45) is 5.18. The van der Waals surface area contributed by atoms with Crippen molar-refractivity contribution in [3.8, 4) is 6.07 Å². The summed E-state index contributed by atoms with van der Waals surface area (Å²) in [7, 11) is 0. The van der Waals surface area contributed by atoms with Gasteiger partial charge in [-0.2, -0.15) is 5.26 Å². The number of nitriles is 1. The molecule has 0 unspecified atom stereocenters. The Bertz CT molecular complexity index is 712. The molecule has 4 nitrogen and oxygen atoms in total. The summed E-state index contributed by atoms with van der Waals surface area (Å²) in [6.45, 7) is 0. The predicted molar refractivity (Wildman–Crippen MR) is 79.8 cm³/mol. The maximum Gasteiger partial charge on any atom is 0.241 e. The van der Waals surface area contributed by atoms with E-state index in [0.717, 1.165) is 31.2 Å². The minimum absolute atomic E-state index is 0.0679. The fourth-order valence-corrected chi connectivity index (χ4v) is 4.52. The van der Waals surface area contributed by atoms with E-state index in [1.165, 1.54) is 0 Å². The average molecular weight is 294 g/mol. The number of carbonyl (C=O) groups excluding carboxylic acids is 2. The Morgan fingerprint density at radius 2 is 2.00 bits per heavy atom. The number of carbonyl (C=O) groups is 2. The summed E-state index contributed by atoms with van der Waals surface area (Å²) >= 11 is 0. The van der Waals surface area contributed by atoms with Gasteiger partial charge in [0.25, 0.3) is 0 Å². The summed E-state index contributed by atoms with van der Waals surface area (Å²) in [6, 6.07) is 9.44. The normalized spacial score (nSPS) is 30.9. The van der Waals surface area contributed by atoms with Crippen molar-refractivity contribution in [2.45, 2.75) is 44.6 Å². The number of nitrogens with one attached hydrogen (secondary N) is 1. The van der Waals surface area contributed by atoms with Crippen LogP contribution < -0.4 is 5.32 Å². The van der Waals surface area contributed by atoms with Crippen LogP contribution in [0.3, 0.4) is 0 Å². The molecule has 1 amide bonds. The molecule has 2 saturated carbocycles. The third-order valence-electron chi connectivity index (χ3n) is 5.85. The molecule has 4 rings (SSSR count). The second-order valence-electron chi connectivity index (χ2n) is 6.92. The molecule has 0 radical (unpaired) electrons. The summed E-state index contributed by atoms with van der Waals surface area (Å²) in [5, 5.41) is 12.6. The smallest absolute Gasteiger partial charge is 0.241 e. The molecule has 1 spiro atoms. The standard InChI is InChI=1S/C18H18N2O2/c19-11-18(10-17(18)7-3-4-8-17)16(22)20-14-9-15(21)13-6-2-1-5-12(13)14/h1-2,5-6,14H,3-4,7-10H2,(H,20,22)/t14-,18-/m1/s1. The van der Waals surface area contributed by atoms with Crippen LogP contribution in [0.25, 0.3) is 0 Å². The van der Waals surface area contributed by atoms with Crippen LogP contribution in [0, 0.1) is 22.2 Å². The van der Waals surface area contributed by atoms with Crippen LogP contribution >= 0.6 is 0 Å². The van der Waals surface area contributed by atoms with Crippen molar-refractivity contribution in [3.63, 3.8) is 0 Å². The van der Waals surface area contributed by atoms with E-state index < -0.39 is 5.41 Å². The molecule has 2 atom stereocenters. The van der Waals surface area contributed by atoms with Gasteiger partial charge in [0.05, 0.1) is 12.1 Å². The van der Waals surface area contributed by atoms with Crippen LogP contribution in [0.1, 0.15) is 60.5 Å². The van der Waals surface area contributed by atoms with Crippen LogP contribution in [-0.2, 0) is 4.79 Å². The molecule has 0 aromatic heterocycles. The first-order valence-electron chi connectivity index (χ1n) is 7.96. The van der Waals surface area contributed by atoms with Gasteiger partial charge in [-0.25, -0.2) is 0 Å². The highest BCUT2D eigenvalue weighted by Gasteiger charge is 2.73. The lowest BCUT2D eigenvalue weighted by molar-refractivity contribution is -0.126. The minimum atomic E-state index is -0.857. The zero-order chi connectivity index (χ0) is 15.4. The first-order valence-corrected chi connectivity index (χ1v) is 7.96. The lowest BCUT2D eigenvalue weighted by Crippen LogP contribution is -2.36. The molecule has 0 saturated heterocycles. The molecule has 1 aromatic carbocycles. The van der Waals surface area contributed by atoms with Gasteiger partial charge in [-0.3, -0.25) is 9.59 Å². The van der Waals surface area contributed by atoms with E-state index in [1.54, 1.807) is 6.07 Å². The molecule has 3 aliphatic carbocycles. The van der Waals surface area contributed by atoms with Crippen LogP contribution in [0.4, 0.5) is 0 Å². The highest BCUT2D eigenvalue weighted by atomic mass is 16.2. The first-order chi connectivity index (χ1) is 10.6. The van der Waals surface area contributed by atoms with Crippen molar-refractivity contribution in [1.82, 2.24) is 5.32 Å². The van der Waals surface area contributed by atoms with Gasteiger partial charge in [-0.05, 0) is 24.8 Å². The molecule has 0 heterocycles. The van der Waals surface area contributed by atoms with E-state index in [-0.39, 0.29) is 23.1 Å². The van der Waals surface area contributed by atoms with Crippen molar-refractivity contribution in [3.05, 3.63) is 35.4 Å². The number of rotatable bonds is 2. The molecule has 2 fully saturated rings. The second kappa shape index (κ2) is 4.42. The van der Waals surface area contributed by atoms with Crippen LogP contribution in [0.15, 0.2) is 24.3 Å². The van der Waals surface area contributed by atoms with E-state index >= 15 is 0 Å². The van der Waals surface area contributed by atoms with Gasteiger partial charge in [-0.1, -0.05) is 37.1 Å². The van der Waals surface area contributed by atoms with Crippen LogP contribution in [-0.4, -0.2) is 11.7 Å². The zero-order valence-corrected chi connectivity index (χ0v) is 12.4. The minimum Gasteiger partial charge on any atom is -0.347 e. The lowest BCUT2D eigenvalue weighted by Gasteiger charge is -2.19. The molecule has 4 heteroatoms. The Kier molecular flexibility index (Phi) is 2.72. The molecule has 0 aliphatic heterocycles. The largest absolute Gasteiger partial charge is 0.347 e. The SMILES string of the molecule is N#C[C@@]1(C(=O)N[C@@H]2CC(=O)c3ccccc32)CC12CCCC2. The van der Waals surface area contributed by atoms with E-state index in [0.29, 0.717) is 18.4 Å². The van der Waals surface area contributed by atoms with Gasteiger partial charge in [-0.15, -0.1) is 0 Å². The number of hydrogen-bond acceptors (Lipinski definition) is 3. The van der Waals surface area contributed by atoms with Crippen molar-refractivity contribution in [2.24, 2.45) is 10.8 Å².